The molecule has 0 radical (unpaired) electrons. The smallest absolute Gasteiger partial charge is 0.0350 e. The minimum Gasteiger partial charge on any atom is -0.398 e. The summed E-state index contributed by atoms with van der Waals surface area (Å²) in [4.78, 5) is 2.58. The third kappa shape index (κ3) is 2.81. The van der Waals surface area contributed by atoms with Crippen LogP contribution in [0.3, 0.4) is 0 Å². The van der Waals surface area contributed by atoms with Crippen molar-refractivity contribution in [2.45, 2.75) is 39.7 Å². The van der Waals surface area contributed by atoms with E-state index in [9.17, 15) is 0 Å². The lowest BCUT2D eigenvalue weighted by atomic mass is 9.96. The molecule has 0 saturated heterocycles. The van der Waals surface area contributed by atoms with Crippen molar-refractivity contribution in [2.75, 3.05) is 18.8 Å². The van der Waals surface area contributed by atoms with Crippen molar-refractivity contribution in [1.29, 1.82) is 0 Å². The van der Waals surface area contributed by atoms with Crippen molar-refractivity contribution >= 4 is 5.69 Å². The highest BCUT2D eigenvalue weighted by molar-refractivity contribution is 5.51. The molecular weight excluding hydrogens is 208 g/mol. The van der Waals surface area contributed by atoms with Gasteiger partial charge in [-0.15, -0.1) is 0 Å². The van der Waals surface area contributed by atoms with Crippen molar-refractivity contribution in [3.63, 3.8) is 0 Å². The fourth-order valence-electron chi connectivity index (χ4n) is 2.77. The Balaban J connectivity index is 2.03. The predicted octanol–water partition coefficient (Wildman–Crippen LogP) is 3.06. The first-order chi connectivity index (χ1) is 8.24. The van der Waals surface area contributed by atoms with Crippen LogP contribution in [0.15, 0.2) is 18.2 Å². The quantitative estimate of drug-likeness (QED) is 0.808. The number of hydrogen-bond donors (Lipinski definition) is 1. The lowest BCUT2D eigenvalue weighted by molar-refractivity contribution is 0.208. The second-order valence-corrected chi connectivity index (χ2v) is 5.15. The zero-order valence-corrected chi connectivity index (χ0v) is 11.1. The van der Waals surface area contributed by atoms with Crippen molar-refractivity contribution < 1.29 is 0 Å². The third-order valence-electron chi connectivity index (χ3n) is 4.05. The maximum absolute atomic E-state index is 6.02. The number of fused-ring (bicyclic) bond motifs is 1. The maximum atomic E-state index is 6.02. The molecule has 1 aliphatic heterocycles. The van der Waals surface area contributed by atoms with E-state index in [2.05, 4.69) is 30.9 Å². The van der Waals surface area contributed by atoms with E-state index in [1.165, 1.54) is 30.5 Å². The van der Waals surface area contributed by atoms with Crippen LogP contribution in [0.5, 0.6) is 0 Å². The number of benzene rings is 1. The summed E-state index contributed by atoms with van der Waals surface area (Å²) in [6, 6.07) is 6.33. The molecule has 0 fully saturated rings. The van der Waals surface area contributed by atoms with Crippen LogP contribution in [0, 0.1) is 5.92 Å². The minimum atomic E-state index is 0.845. The number of nitrogens with two attached hydrogens (primary N) is 1. The number of hydrogen-bond acceptors (Lipinski definition) is 2. The lowest BCUT2D eigenvalue weighted by Gasteiger charge is -2.31. The number of nitrogen functional groups attached to an aromatic ring is 1. The monoisotopic (exact) mass is 232 g/mol. The topological polar surface area (TPSA) is 29.3 Å². The van der Waals surface area contributed by atoms with Crippen LogP contribution in [-0.2, 0) is 13.0 Å². The van der Waals surface area contributed by atoms with Gasteiger partial charge in [-0.2, -0.15) is 0 Å². The molecule has 1 aromatic carbocycles. The largest absolute Gasteiger partial charge is 0.398 e. The van der Waals surface area contributed by atoms with E-state index in [1.54, 1.807) is 0 Å². The van der Waals surface area contributed by atoms with Crippen molar-refractivity contribution in [3.05, 3.63) is 29.3 Å². The summed E-state index contributed by atoms with van der Waals surface area (Å²) >= 11 is 0. The molecule has 0 amide bonds. The highest BCUT2D eigenvalue weighted by atomic mass is 15.1. The standard InChI is InChI=1S/C15H24N2/c1-3-12(4-2)10-17-9-8-14-13(11-17)6-5-7-15(14)16/h5-7,12H,3-4,8-11,16H2,1-2H3. The Morgan fingerprint density at radius 1 is 1.29 bits per heavy atom. The Bertz CT molecular complexity index is 369. The van der Waals surface area contributed by atoms with Crippen LogP contribution in [0.1, 0.15) is 37.8 Å². The number of rotatable bonds is 4. The van der Waals surface area contributed by atoms with Gasteiger partial charge in [-0.3, -0.25) is 4.90 Å². The molecule has 0 aromatic heterocycles. The van der Waals surface area contributed by atoms with Gasteiger partial charge in [-0.25, -0.2) is 0 Å². The van der Waals surface area contributed by atoms with Crippen LogP contribution in [-0.4, -0.2) is 18.0 Å². The molecule has 2 N–H and O–H groups in total. The van der Waals surface area contributed by atoms with Gasteiger partial charge in [0.2, 0.25) is 0 Å². The molecule has 0 saturated carbocycles. The minimum absolute atomic E-state index is 0.845. The van der Waals surface area contributed by atoms with E-state index >= 15 is 0 Å². The van der Waals surface area contributed by atoms with E-state index in [-0.39, 0.29) is 0 Å². The van der Waals surface area contributed by atoms with Crippen LogP contribution < -0.4 is 5.73 Å². The Morgan fingerprint density at radius 2 is 2.06 bits per heavy atom. The molecule has 1 aliphatic rings. The fourth-order valence-corrected chi connectivity index (χ4v) is 2.77. The fraction of sp³-hybridized carbons (Fsp3) is 0.600. The Morgan fingerprint density at radius 3 is 2.76 bits per heavy atom. The maximum Gasteiger partial charge on any atom is 0.0350 e. The van der Waals surface area contributed by atoms with Crippen molar-refractivity contribution in [3.8, 4) is 0 Å². The van der Waals surface area contributed by atoms with Gasteiger partial charge in [0.25, 0.3) is 0 Å². The van der Waals surface area contributed by atoms with Crippen LogP contribution >= 0.6 is 0 Å². The first kappa shape index (κ1) is 12.4. The van der Waals surface area contributed by atoms with Crippen LogP contribution in [0.25, 0.3) is 0 Å². The molecule has 2 rings (SSSR count). The molecule has 94 valence electrons. The van der Waals surface area contributed by atoms with Gasteiger partial charge in [-0.1, -0.05) is 38.8 Å². The number of anilines is 1. The molecule has 0 unspecified atom stereocenters. The van der Waals surface area contributed by atoms with Gasteiger partial charge in [0.05, 0.1) is 0 Å². The van der Waals surface area contributed by atoms with Gasteiger partial charge in [-0.05, 0) is 29.5 Å². The molecule has 0 aliphatic carbocycles. The summed E-state index contributed by atoms with van der Waals surface area (Å²) in [6.45, 7) is 8.07. The Hall–Kier alpha value is -1.02. The first-order valence-corrected chi connectivity index (χ1v) is 6.83. The Labute approximate surface area is 105 Å². The average Bonchev–Trinajstić information content (AvgIpc) is 2.36. The van der Waals surface area contributed by atoms with E-state index < -0.39 is 0 Å². The van der Waals surface area contributed by atoms with Crippen molar-refractivity contribution in [1.82, 2.24) is 4.90 Å². The van der Waals surface area contributed by atoms with Crippen LogP contribution in [0.4, 0.5) is 5.69 Å². The molecule has 1 heterocycles. The van der Waals surface area contributed by atoms with Gasteiger partial charge in [0.15, 0.2) is 0 Å². The summed E-state index contributed by atoms with van der Waals surface area (Å²) in [7, 11) is 0. The van der Waals surface area contributed by atoms with Gasteiger partial charge >= 0.3 is 0 Å². The second kappa shape index (κ2) is 5.54. The zero-order chi connectivity index (χ0) is 12.3. The summed E-state index contributed by atoms with van der Waals surface area (Å²) < 4.78 is 0. The predicted molar refractivity (Wildman–Crippen MR) is 73.9 cm³/mol. The van der Waals surface area contributed by atoms with E-state index in [1.807, 2.05) is 6.07 Å². The summed E-state index contributed by atoms with van der Waals surface area (Å²) in [5.41, 5.74) is 9.81. The van der Waals surface area contributed by atoms with E-state index in [0.717, 1.165) is 31.1 Å². The Kier molecular flexibility index (Phi) is 4.06. The first-order valence-electron chi connectivity index (χ1n) is 6.83. The normalized spacial score (nSPS) is 16.2. The molecule has 0 atom stereocenters. The van der Waals surface area contributed by atoms with Crippen LogP contribution in [0.2, 0.25) is 0 Å². The number of nitrogens with zero attached hydrogens (tertiary/aromatic N) is 1. The molecule has 0 spiro atoms. The average molecular weight is 232 g/mol. The molecule has 2 heteroatoms. The van der Waals surface area contributed by atoms with Gasteiger partial charge in [0.1, 0.15) is 0 Å². The zero-order valence-electron chi connectivity index (χ0n) is 11.1. The highest BCUT2D eigenvalue weighted by Crippen LogP contribution is 2.25. The highest BCUT2D eigenvalue weighted by Gasteiger charge is 2.19. The second-order valence-electron chi connectivity index (χ2n) is 5.15. The van der Waals surface area contributed by atoms with E-state index in [0.29, 0.717) is 0 Å². The van der Waals surface area contributed by atoms with E-state index in [4.69, 9.17) is 5.73 Å². The summed E-state index contributed by atoms with van der Waals surface area (Å²) in [5.74, 6) is 0.845. The lowest BCUT2D eigenvalue weighted by Crippen LogP contribution is -2.34. The molecule has 2 nitrogen and oxygen atoms in total. The molecule has 0 bridgehead atoms. The summed E-state index contributed by atoms with van der Waals surface area (Å²) in [6.07, 6.45) is 3.69. The van der Waals surface area contributed by atoms with Gasteiger partial charge in [0, 0.05) is 25.3 Å². The molecule has 1 aromatic rings. The SMILES string of the molecule is CCC(CC)CN1CCc2c(N)cccc2C1. The van der Waals surface area contributed by atoms with Crippen molar-refractivity contribution in [2.24, 2.45) is 5.92 Å². The van der Waals surface area contributed by atoms with Gasteiger partial charge < -0.3 is 5.73 Å². The molecular formula is C15H24N2. The molecule has 17 heavy (non-hydrogen) atoms. The summed E-state index contributed by atoms with van der Waals surface area (Å²) in [5, 5.41) is 0. The third-order valence-corrected chi connectivity index (χ3v) is 4.05.